The van der Waals surface area contributed by atoms with E-state index in [1.54, 1.807) is 25.1 Å². The summed E-state index contributed by atoms with van der Waals surface area (Å²) < 4.78 is 18.6. The summed E-state index contributed by atoms with van der Waals surface area (Å²) in [5.41, 5.74) is 1.86. The van der Waals surface area contributed by atoms with Gasteiger partial charge >= 0.3 is 6.03 Å². The number of amides is 7. The van der Waals surface area contributed by atoms with Crippen LogP contribution in [0.4, 0.5) is 16.2 Å². The number of hydrogen-bond acceptors (Lipinski definition) is 12. The van der Waals surface area contributed by atoms with Gasteiger partial charge in [0.1, 0.15) is 24.1 Å². The van der Waals surface area contributed by atoms with Crippen molar-refractivity contribution in [2.75, 3.05) is 37.5 Å². The second-order valence-corrected chi connectivity index (χ2v) is 14.6. The van der Waals surface area contributed by atoms with Gasteiger partial charge in [0.25, 0.3) is 11.8 Å². The lowest BCUT2D eigenvalue weighted by molar-refractivity contribution is -0.136. The molecule has 0 aliphatic carbocycles. The van der Waals surface area contributed by atoms with Gasteiger partial charge in [-0.1, -0.05) is 55.0 Å². The minimum Gasteiger partial charge on any atom is -0.493 e. The van der Waals surface area contributed by atoms with Crippen LogP contribution in [0.25, 0.3) is 5.65 Å². The van der Waals surface area contributed by atoms with Gasteiger partial charge in [0.2, 0.25) is 23.6 Å². The molecule has 18 nitrogen and oxygen atoms in total. The summed E-state index contributed by atoms with van der Waals surface area (Å²) >= 11 is 12.2. The Morgan fingerprint density at radius 3 is 2.47 bits per heavy atom. The van der Waals surface area contributed by atoms with Crippen molar-refractivity contribution in [3.63, 3.8) is 0 Å². The van der Waals surface area contributed by atoms with Crippen molar-refractivity contribution in [2.24, 2.45) is 0 Å². The van der Waals surface area contributed by atoms with Crippen LogP contribution in [0.1, 0.15) is 97.2 Å². The molecule has 3 aromatic heterocycles. The summed E-state index contributed by atoms with van der Waals surface area (Å²) in [5, 5.41) is 15.2. The molecular formula is C39H43Cl2N9O9. The van der Waals surface area contributed by atoms with Crippen LogP contribution in [-0.2, 0) is 19.1 Å². The number of unbranched alkanes of at least 4 members (excludes halogenated alkanes) is 5. The van der Waals surface area contributed by atoms with Gasteiger partial charge in [0.15, 0.2) is 10.8 Å². The second kappa shape index (κ2) is 19.7. The number of pyridine rings is 1. The number of nitrogens with zero attached hydrogens (tertiary/aromatic N) is 5. The molecule has 4 aromatic rings. The highest BCUT2D eigenvalue weighted by Gasteiger charge is 2.46. The third-order valence-corrected chi connectivity index (χ3v) is 10.1. The smallest absolute Gasteiger partial charge is 0.323 e. The Balaban J connectivity index is 0.858. The molecule has 0 bridgehead atoms. The number of piperidine rings is 1. The maximum absolute atomic E-state index is 13.2. The lowest BCUT2D eigenvalue weighted by Gasteiger charge is -2.27. The highest BCUT2D eigenvalue weighted by molar-refractivity contribution is 6.31. The summed E-state index contributed by atoms with van der Waals surface area (Å²) in [6.07, 6.45) is 7.87. The van der Waals surface area contributed by atoms with Gasteiger partial charge in [0.05, 0.1) is 53.0 Å². The zero-order valence-electron chi connectivity index (χ0n) is 32.3. The van der Waals surface area contributed by atoms with Gasteiger partial charge in [-0.2, -0.15) is 5.10 Å². The van der Waals surface area contributed by atoms with E-state index in [0.717, 1.165) is 37.0 Å². The molecule has 0 radical (unpaired) electrons. The van der Waals surface area contributed by atoms with E-state index < -0.39 is 41.8 Å². The molecule has 6 rings (SSSR count). The molecule has 59 heavy (non-hydrogen) atoms. The average molecular weight is 853 g/mol. The fourth-order valence-corrected chi connectivity index (χ4v) is 7.07. The summed E-state index contributed by atoms with van der Waals surface area (Å²) in [6, 6.07) is 6.19. The first-order valence-corrected chi connectivity index (χ1v) is 19.9. The summed E-state index contributed by atoms with van der Waals surface area (Å²) in [5.74, 6) is -2.00. The molecule has 0 saturated carbocycles. The van der Waals surface area contributed by atoms with E-state index in [2.05, 4.69) is 36.3 Å². The Kier molecular flexibility index (Phi) is 14.3. The van der Waals surface area contributed by atoms with Crippen molar-refractivity contribution in [2.45, 2.75) is 76.9 Å². The van der Waals surface area contributed by atoms with Gasteiger partial charge in [-0.25, -0.2) is 19.3 Å². The number of halogens is 2. The van der Waals surface area contributed by atoms with Crippen molar-refractivity contribution in [1.82, 2.24) is 35.1 Å². The normalized spacial score (nSPS) is 15.5. The molecule has 7 amide bonds. The standard InChI is InChI=1S/C39H43Cl2N9O9/c1-22(57-2)34-26(21-43-30-19-29(41)48-50(30)34)46-39(56)45-25-18-23(40)20-44-36(25)59-17-15-42-31(51)12-7-5-3-4-6-8-16-58-28-11-9-10-24-33(28)38(55)49(37(24)54)27-13-14-32(52)47-35(27)53/h9-11,18-22,27H,3-8,12-17H2,1-2H3,(H,42,51)(H2,45,46,56)(H,47,52,53). The number of rotatable bonds is 19. The first kappa shape index (κ1) is 42.7. The fourth-order valence-electron chi connectivity index (χ4n) is 6.74. The molecule has 312 valence electrons. The molecule has 2 atom stereocenters. The fraction of sp³-hybridized carbons (Fsp3) is 0.410. The summed E-state index contributed by atoms with van der Waals surface area (Å²) in [6.45, 7) is 2.43. The molecule has 1 saturated heterocycles. The Bertz CT molecular complexity index is 2250. The Morgan fingerprint density at radius 1 is 0.932 bits per heavy atom. The summed E-state index contributed by atoms with van der Waals surface area (Å²) in [7, 11) is 1.53. The van der Waals surface area contributed by atoms with Gasteiger partial charge in [-0.3, -0.25) is 34.2 Å². The number of anilines is 2. The van der Waals surface area contributed by atoms with Crippen molar-refractivity contribution in [3.8, 4) is 11.6 Å². The molecule has 4 N–H and O–H groups in total. The highest BCUT2D eigenvalue weighted by atomic mass is 35.5. The van der Waals surface area contributed by atoms with Gasteiger partial charge in [-0.15, -0.1) is 0 Å². The molecule has 2 aliphatic rings. The highest BCUT2D eigenvalue weighted by Crippen LogP contribution is 2.34. The maximum Gasteiger partial charge on any atom is 0.323 e. The predicted octanol–water partition coefficient (Wildman–Crippen LogP) is 5.49. The van der Waals surface area contributed by atoms with Gasteiger partial charge in [0, 0.05) is 32.2 Å². The van der Waals surface area contributed by atoms with E-state index in [1.165, 1.54) is 36.2 Å². The monoisotopic (exact) mass is 851 g/mol. The Labute approximate surface area is 348 Å². The van der Waals surface area contributed by atoms with Crippen molar-refractivity contribution < 1.29 is 43.0 Å². The third-order valence-electron chi connectivity index (χ3n) is 9.69. The van der Waals surface area contributed by atoms with Crippen molar-refractivity contribution in [1.29, 1.82) is 0 Å². The molecule has 5 heterocycles. The lowest BCUT2D eigenvalue weighted by atomic mass is 10.0. The van der Waals surface area contributed by atoms with Crippen LogP contribution >= 0.6 is 23.2 Å². The topological polar surface area (TPSA) is 225 Å². The predicted molar refractivity (Wildman–Crippen MR) is 215 cm³/mol. The lowest BCUT2D eigenvalue weighted by Crippen LogP contribution is -2.54. The number of nitrogens with one attached hydrogen (secondary N) is 4. The zero-order valence-corrected chi connectivity index (χ0v) is 33.9. The van der Waals surface area contributed by atoms with Crippen LogP contribution in [-0.4, -0.2) is 93.0 Å². The van der Waals surface area contributed by atoms with E-state index in [0.29, 0.717) is 36.5 Å². The van der Waals surface area contributed by atoms with E-state index in [-0.39, 0.29) is 70.5 Å². The van der Waals surface area contributed by atoms with E-state index in [1.807, 2.05) is 0 Å². The Morgan fingerprint density at radius 2 is 1.69 bits per heavy atom. The quantitative estimate of drug-likeness (QED) is 0.0679. The van der Waals surface area contributed by atoms with E-state index >= 15 is 0 Å². The van der Waals surface area contributed by atoms with Crippen LogP contribution < -0.4 is 30.7 Å². The van der Waals surface area contributed by atoms with Crippen LogP contribution in [0.15, 0.2) is 42.7 Å². The van der Waals surface area contributed by atoms with Gasteiger partial charge < -0.3 is 30.2 Å². The van der Waals surface area contributed by atoms with Crippen LogP contribution in [0, 0.1) is 0 Å². The van der Waals surface area contributed by atoms with Crippen LogP contribution in [0.5, 0.6) is 11.6 Å². The molecular weight excluding hydrogens is 809 g/mol. The number of benzene rings is 1. The number of carbonyl (C=O) groups is 6. The zero-order chi connectivity index (χ0) is 42.1. The minimum absolute atomic E-state index is 0.0465. The number of carbonyl (C=O) groups excluding carboxylic acids is 6. The van der Waals surface area contributed by atoms with Crippen molar-refractivity contribution in [3.05, 3.63) is 69.7 Å². The van der Waals surface area contributed by atoms with Crippen molar-refractivity contribution >= 4 is 75.8 Å². The molecule has 2 aliphatic heterocycles. The minimum atomic E-state index is -1.04. The van der Waals surface area contributed by atoms with Crippen LogP contribution in [0.2, 0.25) is 10.2 Å². The number of urea groups is 1. The molecule has 1 fully saturated rings. The second-order valence-electron chi connectivity index (χ2n) is 13.8. The first-order valence-electron chi connectivity index (χ1n) is 19.1. The van der Waals surface area contributed by atoms with Gasteiger partial charge in [-0.05, 0) is 44.4 Å². The van der Waals surface area contributed by atoms with E-state index in [4.69, 9.17) is 37.4 Å². The number of hydrogen-bond donors (Lipinski definition) is 4. The Hall–Kier alpha value is -5.85. The SMILES string of the molecule is COC(C)c1c(NC(=O)Nc2cc(Cl)cnc2OCCNC(=O)CCCCCCCCOc2cccc3c2C(=O)N(C2CCC(=O)NC2=O)C3=O)cnc2cc(Cl)nn12. The number of methoxy groups -OCH3 is 1. The number of imide groups is 2. The van der Waals surface area contributed by atoms with E-state index in [9.17, 15) is 28.8 Å². The maximum atomic E-state index is 13.2. The largest absolute Gasteiger partial charge is 0.493 e. The van der Waals surface area contributed by atoms with Crippen LogP contribution in [0.3, 0.4) is 0 Å². The average Bonchev–Trinajstić information content (AvgIpc) is 3.71. The number of ether oxygens (including phenoxy) is 3. The molecule has 0 spiro atoms. The molecule has 20 heteroatoms. The summed E-state index contributed by atoms with van der Waals surface area (Å²) in [4.78, 5) is 85.1. The molecule has 1 aromatic carbocycles. The third kappa shape index (κ3) is 10.4. The number of aromatic nitrogens is 4. The number of fused-ring (bicyclic) bond motifs is 2. The molecule has 2 unspecified atom stereocenters. The first-order chi connectivity index (χ1) is 28.4.